The number of hydrogen-bond acceptors (Lipinski definition) is 7. The molecule has 194 valence electrons. The molecule has 0 saturated heterocycles. The molecule has 1 aliphatic heterocycles. The monoisotopic (exact) mass is 521 g/mol. The lowest BCUT2D eigenvalue weighted by Gasteiger charge is -2.36. The van der Waals surface area contributed by atoms with Crippen LogP contribution in [0.25, 0.3) is 0 Å². The summed E-state index contributed by atoms with van der Waals surface area (Å²) in [4.78, 5) is 38.9. The fraction of sp³-hybridized carbons (Fsp3) is 0.375. The molecule has 0 saturated carbocycles. The predicted octanol–water partition coefficient (Wildman–Crippen LogP) is 1.55. The van der Waals surface area contributed by atoms with Crippen molar-refractivity contribution in [3.05, 3.63) is 58.9 Å². The summed E-state index contributed by atoms with van der Waals surface area (Å²) in [6.45, 7) is 1.91. The summed E-state index contributed by atoms with van der Waals surface area (Å²) >= 11 is 0. The summed E-state index contributed by atoms with van der Waals surface area (Å²) in [5.74, 6) is -2.30. The number of carbonyl (C=O) groups is 3. The molecule has 1 aliphatic rings. The van der Waals surface area contributed by atoms with Crippen LogP contribution in [0.15, 0.2) is 41.3 Å². The first-order valence-corrected chi connectivity index (χ1v) is 12.7. The number of rotatable bonds is 9. The molecule has 0 fully saturated rings. The van der Waals surface area contributed by atoms with E-state index in [1.165, 1.54) is 36.3 Å². The van der Waals surface area contributed by atoms with Crippen LogP contribution in [0.3, 0.4) is 0 Å². The van der Waals surface area contributed by atoms with Crippen LogP contribution in [0.1, 0.15) is 40.9 Å². The van der Waals surface area contributed by atoms with Crippen LogP contribution >= 0.6 is 0 Å². The van der Waals surface area contributed by atoms with Gasteiger partial charge in [0.1, 0.15) is 16.5 Å². The zero-order valence-corrected chi connectivity index (χ0v) is 21.0. The Morgan fingerprint density at radius 1 is 1.14 bits per heavy atom. The van der Waals surface area contributed by atoms with E-state index in [4.69, 9.17) is 9.47 Å². The maximum absolute atomic E-state index is 13.4. The molecule has 0 aromatic heterocycles. The lowest BCUT2D eigenvalue weighted by Crippen LogP contribution is -2.44. The molecule has 0 radical (unpaired) electrons. The number of amides is 2. The second kappa shape index (κ2) is 11.5. The Balaban J connectivity index is 2.02. The van der Waals surface area contributed by atoms with Crippen LogP contribution < -0.4 is 14.8 Å². The summed E-state index contributed by atoms with van der Waals surface area (Å²) in [6.07, 6.45) is 0.999. The van der Waals surface area contributed by atoms with E-state index in [-0.39, 0.29) is 28.3 Å². The van der Waals surface area contributed by atoms with Gasteiger partial charge in [0, 0.05) is 18.7 Å². The van der Waals surface area contributed by atoms with Crippen molar-refractivity contribution in [2.24, 2.45) is 0 Å². The third kappa shape index (κ3) is 5.82. The highest BCUT2D eigenvalue weighted by Gasteiger charge is 2.39. The molecule has 3 rings (SSSR count). The lowest BCUT2D eigenvalue weighted by atomic mass is 9.91. The first kappa shape index (κ1) is 27.1. The molecule has 1 unspecified atom stereocenters. The number of benzene rings is 2. The molecular formula is C24H28FN3O7S. The fourth-order valence-electron chi connectivity index (χ4n) is 3.90. The Kier molecular flexibility index (Phi) is 8.64. The molecule has 2 amide bonds. The number of hydrogen-bond donors (Lipinski definition) is 2. The van der Waals surface area contributed by atoms with Gasteiger partial charge in [0.05, 0.1) is 20.8 Å². The second-order valence-electron chi connectivity index (χ2n) is 8.06. The number of fused-ring (bicyclic) bond motifs is 1. The topological polar surface area (TPSA) is 131 Å². The number of methoxy groups -OCH3 is 2. The SMILES string of the molecule is CCCNC(=O)CNS(=O)(=O)c1cc2c(cc1OC)CCN(C(=O)c1ccc(F)cc1)C2C(=O)OC. The average Bonchev–Trinajstić information content (AvgIpc) is 2.88. The Morgan fingerprint density at radius 3 is 2.44 bits per heavy atom. The smallest absolute Gasteiger partial charge is 0.333 e. The molecule has 12 heteroatoms. The molecule has 0 aliphatic carbocycles. The van der Waals surface area contributed by atoms with Gasteiger partial charge in [0.2, 0.25) is 15.9 Å². The lowest BCUT2D eigenvalue weighted by molar-refractivity contribution is -0.146. The normalized spacial score (nSPS) is 15.1. The summed E-state index contributed by atoms with van der Waals surface area (Å²) in [5, 5.41) is 2.58. The first-order valence-electron chi connectivity index (χ1n) is 11.2. The van der Waals surface area contributed by atoms with E-state index in [2.05, 4.69) is 10.0 Å². The zero-order valence-electron chi connectivity index (χ0n) is 20.2. The number of ether oxygens (including phenoxy) is 2. The van der Waals surface area contributed by atoms with Crippen LogP contribution in [-0.4, -0.2) is 65.0 Å². The average molecular weight is 522 g/mol. The molecule has 2 N–H and O–H groups in total. The van der Waals surface area contributed by atoms with Crippen molar-refractivity contribution in [3.8, 4) is 5.75 Å². The van der Waals surface area contributed by atoms with Crippen LogP contribution in [0.2, 0.25) is 0 Å². The van der Waals surface area contributed by atoms with Crippen LogP contribution in [-0.2, 0) is 30.8 Å². The summed E-state index contributed by atoms with van der Waals surface area (Å²) < 4.78 is 52.0. The highest BCUT2D eigenvalue weighted by atomic mass is 32.2. The molecule has 1 heterocycles. The van der Waals surface area contributed by atoms with E-state index >= 15 is 0 Å². The molecule has 10 nitrogen and oxygen atoms in total. The van der Waals surface area contributed by atoms with Gasteiger partial charge in [-0.1, -0.05) is 6.92 Å². The minimum atomic E-state index is -4.24. The quantitative estimate of drug-likeness (QED) is 0.479. The maximum Gasteiger partial charge on any atom is 0.333 e. The van der Waals surface area contributed by atoms with E-state index < -0.39 is 46.2 Å². The van der Waals surface area contributed by atoms with Gasteiger partial charge in [-0.3, -0.25) is 9.59 Å². The van der Waals surface area contributed by atoms with Gasteiger partial charge in [0.15, 0.2) is 6.04 Å². The third-order valence-electron chi connectivity index (χ3n) is 5.71. The highest BCUT2D eigenvalue weighted by molar-refractivity contribution is 7.89. The maximum atomic E-state index is 13.4. The number of nitrogens with one attached hydrogen (secondary N) is 2. The molecule has 0 spiro atoms. The van der Waals surface area contributed by atoms with Crippen molar-refractivity contribution in [3.63, 3.8) is 0 Å². The predicted molar refractivity (Wildman–Crippen MR) is 127 cm³/mol. The van der Waals surface area contributed by atoms with Crippen molar-refractivity contribution >= 4 is 27.8 Å². The first-order chi connectivity index (χ1) is 17.1. The number of carbonyl (C=O) groups excluding carboxylic acids is 3. The molecule has 1 atom stereocenters. The van der Waals surface area contributed by atoms with E-state index in [9.17, 15) is 27.2 Å². The molecule has 2 aromatic carbocycles. The minimum absolute atomic E-state index is 0.0251. The van der Waals surface area contributed by atoms with Crippen LogP contribution in [0.5, 0.6) is 5.75 Å². The fourth-order valence-corrected chi connectivity index (χ4v) is 5.07. The van der Waals surface area contributed by atoms with E-state index in [1.54, 1.807) is 0 Å². The van der Waals surface area contributed by atoms with Crippen LogP contribution in [0.4, 0.5) is 4.39 Å². The highest BCUT2D eigenvalue weighted by Crippen LogP contribution is 2.37. The van der Waals surface area contributed by atoms with Gasteiger partial charge in [-0.15, -0.1) is 0 Å². The Labute approximate surface area is 208 Å². The van der Waals surface area contributed by atoms with Crippen LogP contribution in [0, 0.1) is 5.82 Å². The summed E-state index contributed by atoms with van der Waals surface area (Å²) in [6, 6.07) is 6.39. The Hall–Kier alpha value is -3.51. The zero-order chi connectivity index (χ0) is 26.5. The van der Waals surface area contributed by atoms with Crippen molar-refractivity contribution in [2.45, 2.75) is 30.7 Å². The van der Waals surface area contributed by atoms with Gasteiger partial charge in [-0.05, 0) is 60.4 Å². The molecule has 36 heavy (non-hydrogen) atoms. The number of nitrogens with zero attached hydrogens (tertiary/aromatic N) is 1. The van der Waals surface area contributed by atoms with Crippen molar-refractivity contribution in [2.75, 3.05) is 33.9 Å². The van der Waals surface area contributed by atoms with E-state index in [0.29, 0.717) is 24.9 Å². The van der Waals surface area contributed by atoms with E-state index in [1.807, 2.05) is 6.92 Å². The number of halogens is 1. The summed E-state index contributed by atoms with van der Waals surface area (Å²) in [7, 11) is -1.77. The molecule has 2 aromatic rings. The largest absolute Gasteiger partial charge is 0.495 e. The van der Waals surface area contributed by atoms with Gasteiger partial charge in [-0.2, -0.15) is 0 Å². The standard InChI is InChI=1S/C24H28FN3O7S/c1-4-10-26-21(29)14-27-36(32,33)20-13-18-16(12-19(20)34-2)9-11-28(22(18)24(31)35-3)23(30)15-5-7-17(25)8-6-15/h5-8,12-13,22,27H,4,9-11,14H2,1-3H3,(H,26,29). The Morgan fingerprint density at radius 2 is 1.83 bits per heavy atom. The van der Waals surface area contributed by atoms with Crippen molar-refractivity contribution in [1.82, 2.24) is 14.9 Å². The molecular weight excluding hydrogens is 493 g/mol. The Bertz CT molecular complexity index is 1250. The third-order valence-corrected chi connectivity index (χ3v) is 7.14. The molecule has 0 bridgehead atoms. The van der Waals surface area contributed by atoms with Crippen molar-refractivity contribution in [1.29, 1.82) is 0 Å². The minimum Gasteiger partial charge on any atom is -0.495 e. The van der Waals surface area contributed by atoms with Gasteiger partial charge < -0.3 is 19.7 Å². The summed E-state index contributed by atoms with van der Waals surface area (Å²) in [5.41, 5.74) is 1.01. The van der Waals surface area contributed by atoms with Crippen molar-refractivity contribution < 1.29 is 36.7 Å². The van der Waals surface area contributed by atoms with Gasteiger partial charge >= 0.3 is 5.97 Å². The van der Waals surface area contributed by atoms with Gasteiger partial charge in [-0.25, -0.2) is 22.3 Å². The number of sulfonamides is 1. The number of esters is 1. The van der Waals surface area contributed by atoms with E-state index in [0.717, 1.165) is 19.2 Å². The van der Waals surface area contributed by atoms with Gasteiger partial charge in [0.25, 0.3) is 5.91 Å². The second-order valence-corrected chi connectivity index (χ2v) is 9.79.